The van der Waals surface area contributed by atoms with Crippen molar-refractivity contribution in [3.8, 4) is 30.6 Å². The highest BCUT2D eigenvalue weighted by molar-refractivity contribution is 7.25. The minimum Gasteiger partial charge on any atom is -0.462 e. The molecular formula is C34H38O2S2. The minimum atomic E-state index is -0.277. The molecular weight excluding hydrogens is 505 g/mol. The fourth-order valence-corrected chi connectivity index (χ4v) is 6.53. The highest BCUT2D eigenvalue weighted by atomic mass is 32.1. The summed E-state index contributed by atoms with van der Waals surface area (Å²) in [6.45, 7) is 7.99. The number of aryl methyl sites for hydroxylation is 2. The smallest absolute Gasteiger partial charge is 0.333 e. The Morgan fingerprint density at radius 2 is 1.13 bits per heavy atom. The Balaban J connectivity index is 1.20. The lowest BCUT2D eigenvalue weighted by molar-refractivity contribution is -0.139. The van der Waals surface area contributed by atoms with E-state index in [1.807, 2.05) is 22.7 Å². The molecule has 4 aromatic rings. The summed E-state index contributed by atoms with van der Waals surface area (Å²) >= 11 is 3.74. The van der Waals surface area contributed by atoms with Crippen molar-refractivity contribution in [2.45, 2.75) is 65.2 Å². The quantitative estimate of drug-likeness (QED) is 0.0900. The van der Waals surface area contributed by atoms with Gasteiger partial charge in [0.05, 0.1) is 6.61 Å². The third-order valence-corrected chi connectivity index (χ3v) is 9.25. The number of unbranched alkanes of at least 4 members (excludes halogenated alkanes) is 5. The molecule has 198 valence electrons. The Bertz CT molecular complexity index is 1310. The highest BCUT2D eigenvalue weighted by Crippen LogP contribution is 2.40. The van der Waals surface area contributed by atoms with Crippen LogP contribution < -0.4 is 0 Å². The monoisotopic (exact) mass is 542 g/mol. The number of hydrogen-bond donors (Lipinski definition) is 0. The number of ether oxygens (including phenoxy) is 1. The summed E-state index contributed by atoms with van der Waals surface area (Å²) in [4.78, 5) is 16.7. The lowest BCUT2D eigenvalue weighted by atomic mass is 10.0. The van der Waals surface area contributed by atoms with Crippen LogP contribution in [0.3, 0.4) is 0 Å². The predicted octanol–water partition coefficient (Wildman–Crippen LogP) is 10.4. The summed E-state index contributed by atoms with van der Waals surface area (Å²) < 4.78 is 5.14. The fraction of sp³-hybridized carbons (Fsp3) is 0.324. The van der Waals surface area contributed by atoms with E-state index in [0.717, 1.165) is 25.7 Å². The van der Waals surface area contributed by atoms with Gasteiger partial charge < -0.3 is 4.74 Å². The van der Waals surface area contributed by atoms with E-state index >= 15 is 0 Å². The van der Waals surface area contributed by atoms with E-state index in [1.165, 1.54) is 67.4 Å². The molecule has 0 amide bonds. The topological polar surface area (TPSA) is 26.3 Å². The summed E-state index contributed by atoms with van der Waals surface area (Å²) in [6, 6.07) is 27.1. The number of esters is 1. The normalized spacial score (nSPS) is 11.0. The van der Waals surface area contributed by atoms with Crippen LogP contribution in [0, 0.1) is 0 Å². The number of carbonyl (C=O) groups is 1. The summed E-state index contributed by atoms with van der Waals surface area (Å²) in [7, 11) is 0. The van der Waals surface area contributed by atoms with Crippen LogP contribution in [0.2, 0.25) is 0 Å². The molecule has 0 radical (unpaired) electrons. The number of benzene rings is 2. The summed E-state index contributed by atoms with van der Waals surface area (Å²) in [6.07, 6.45) is 9.14. The Kier molecular flexibility index (Phi) is 10.5. The molecule has 2 aromatic carbocycles. The predicted molar refractivity (Wildman–Crippen MR) is 165 cm³/mol. The molecule has 2 heterocycles. The van der Waals surface area contributed by atoms with Crippen molar-refractivity contribution in [2.75, 3.05) is 6.61 Å². The molecule has 4 heteroatoms. The zero-order valence-corrected chi connectivity index (χ0v) is 24.3. The van der Waals surface area contributed by atoms with Crippen molar-refractivity contribution >= 4 is 28.6 Å². The molecule has 2 aromatic heterocycles. The molecule has 2 nitrogen and oxygen atoms in total. The maximum absolute atomic E-state index is 11.4. The fourth-order valence-electron chi connectivity index (χ4n) is 4.42. The lowest BCUT2D eigenvalue weighted by Gasteiger charge is -2.05. The Morgan fingerprint density at radius 3 is 1.66 bits per heavy atom. The second-order valence-corrected chi connectivity index (χ2v) is 12.0. The van der Waals surface area contributed by atoms with Crippen LogP contribution in [0.4, 0.5) is 0 Å². The second-order valence-electron chi connectivity index (χ2n) is 9.86. The first-order chi connectivity index (χ1) is 18.5. The molecule has 0 aliphatic rings. The Labute approximate surface area is 236 Å². The number of hydrogen-bond acceptors (Lipinski definition) is 4. The van der Waals surface area contributed by atoms with E-state index in [9.17, 15) is 4.79 Å². The second kappa shape index (κ2) is 14.3. The van der Waals surface area contributed by atoms with Crippen LogP contribution in [0.5, 0.6) is 0 Å². The molecule has 0 saturated heterocycles. The van der Waals surface area contributed by atoms with Crippen LogP contribution in [-0.4, -0.2) is 12.6 Å². The van der Waals surface area contributed by atoms with E-state index in [-0.39, 0.29) is 5.97 Å². The maximum atomic E-state index is 11.4. The average Bonchev–Trinajstić information content (AvgIpc) is 3.63. The minimum absolute atomic E-state index is 0.277. The Hall–Kier alpha value is -2.95. The van der Waals surface area contributed by atoms with Gasteiger partial charge in [-0.2, -0.15) is 0 Å². The van der Waals surface area contributed by atoms with Crippen LogP contribution >= 0.6 is 22.7 Å². The van der Waals surface area contributed by atoms with Crippen molar-refractivity contribution in [1.29, 1.82) is 0 Å². The SMILES string of the molecule is C=C(C)C(=O)OCCCCCCCCc1ccc(-c2ccc(-c3ccc(-c4ccc(CC)cc4)s3)s2)cc1. The van der Waals surface area contributed by atoms with Crippen LogP contribution in [0.25, 0.3) is 30.6 Å². The number of carbonyl (C=O) groups excluding carboxylic acids is 1. The standard InChI is InChI=1S/C34H38O2S2/c1-4-26-12-16-28(17-13-26)30-20-22-32(37-30)33-23-21-31(38-33)29-18-14-27(15-19-29)11-9-7-5-6-8-10-24-36-34(35)25(2)3/h12-23H,2,4-11,24H2,1,3H3. The van der Waals surface area contributed by atoms with Crippen LogP contribution in [-0.2, 0) is 22.4 Å². The molecule has 0 atom stereocenters. The van der Waals surface area contributed by atoms with E-state index < -0.39 is 0 Å². The third kappa shape index (κ3) is 8.02. The first-order valence-corrected chi connectivity index (χ1v) is 15.4. The van der Waals surface area contributed by atoms with Gasteiger partial charge in [-0.3, -0.25) is 0 Å². The molecule has 0 aliphatic carbocycles. The largest absolute Gasteiger partial charge is 0.462 e. The van der Waals surface area contributed by atoms with Gasteiger partial charge in [0.1, 0.15) is 0 Å². The highest BCUT2D eigenvalue weighted by Gasteiger charge is 2.09. The maximum Gasteiger partial charge on any atom is 0.333 e. The molecule has 0 N–H and O–H groups in total. The van der Waals surface area contributed by atoms with Crippen molar-refractivity contribution in [3.63, 3.8) is 0 Å². The van der Waals surface area contributed by atoms with Gasteiger partial charge in [-0.15, -0.1) is 22.7 Å². The zero-order chi connectivity index (χ0) is 26.7. The van der Waals surface area contributed by atoms with Gasteiger partial charge in [-0.05, 0) is 79.1 Å². The number of thiophene rings is 2. The molecule has 0 saturated carbocycles. The van der Waals surface area contributed by atoms with Crippen molar-refractivity contribution in [1.82, 2.24) is 0 Å². The summed E-state index contributed by atoms with van der Waals surface area (Å²) in [5.74, 6) is -0.277. The lowest BCUT2D eigenvalue weighted by Crippen LogP contribution is -2.05. The van der Waals surface area contributed by atoms with Gasteiger partial charge in [0.25, 0.3) is 0 Å². The van der Waals surface area contributed by atoms with Gasteiger partial charge in [0.15, 0.2) is 0 Å². The van der Waals surface area contributed by atoms with E-state index in [2.05, 4.69) is 86.3 Å². The van der Waals surface area contributed by atoms with E-state index in [0.29, 0.717) is 12.2 Å². The molecule has 0 spiro atoms. The molecule has 38 heavy (non-hydrogen) atoms. The first kappa shape index (κ1) is 28.1. The van der Waals surface area contributed by atoms with Gasteiger partial charge in [-0.25, -0.2) is 4.79 Å². The number of rotatable bonds is 14. The zero-order valence-electron chi connectivity index (χ0n) is 22.6. The van der Waals surface area contributed by atoms with Crippen molar-refractivity contribution in [3.05, 3.63) is 96.1 Å². The molecule has 0 aliphatic heterocycles. The van der Waals surface area contributed by atoms with Crippen molar-refractivity contribution < 1.29 is 9.53 Å². The van der Waals surface area contributed by atoms with Crippen LogP contribution in [0.1, 0.15) is 63.5 Å². The first-order valence-electron chi connectivity index (χ1n) is 13.7. The molecule has 0 unspecified atom stereocenters. The van der Waals surface area contributed by atoms with Crippen molar-refractivity contribution in [2.24, 2.45) is 0 Å². The van der Waals surface area contributed by atoms with Gasteiger partial charge >= 0.3 is 5.97 Å². The van der Waals surface area contributed by atoms with E-state index in [1.54, 1.807) is 6.92 Å². The van der Waals surface area contributed by atoms with Gasteiger partial charge in [-0.1, -0.05) is 87.7 Å². The molecule has 0 fully saturated rings. The Morgan fingerprint density at radius 1 is 0.658 bits per heavy atom. The van der Waals surface area contributed by atoms with Crippen LogP contribution in [0.15, 0.2) is 84.9 Å². The van der Waals surface area contributed by atoms with E-state index in [4.69, 9.17) is 4.74 Å². The third-order valence-electron chi connectivity index (χ3n) is 6.78. The van der Waals surface area contributed by atoms with Gasteiger partial charge in [0.2, 0.25) is 0 Å². The summed E-state index contributed by atoms with van der Waals surface area (Å²) in [5, 5.41) is 0. The summed E-state index contributed by atoms with van der Waals surface area (Å²) in [5.41, 5.74) is 5.86. The average molecular weight is 543 g/mol. The molecule has 4 rings (SSSR count). The van der Waals surface area contributed by atoms with Gasteiger partial charge in [0, 0.05) is 25.1 Å². The molecule has 0 bridgehead atoms.